The Morgan fingerprint density at radius 2 is 1.00 bits per heavy atom. The van der Waals surface area contributed by atoms with E-state index >= 15 is 0 Å². The van der Waals surface area contributed by atoms with Gasteiger partial charge in [-0.3, -0.25) is 0 Å². The van der Waals surface area contributed by atoms with Gasteiger partial charge in [-0.2, -0.15) is 0 Å². The summed E-state index contributed by atoms with van der Waals surface area (Å²) in [5, 5.41) is 5.39. The van der Waals surface area contributed by atoms with Crippen LogP contribution in [0.2, 0.25) is 0 Å². The molecule has 0 aliphatic rings. The first-order valence-corrected chi connectivity index (χ1v) is 4.48. The predicted octanol–water partition coefficient (Wildman–Crippen LogP) is -2.28. The van der Waals surface area contributed by atoms with Crippen LogP contribution in [-0.2, 0) is 25.8 Å². The molecule has 0 aliphatic carbocycles. The Morgan fingerprint density at radius 3 is 1.44 bits per heavy atom. The average Bonchev–Trinajstić information content (AvgIpc) is 2.56. The molecule has 0 radical (unpaired) electrons. The van der Waals surface area contributed by atoms with Crippen LogP contribution in [0.1, 0.15) is 0 Å². The van der Waals surface area contributed by atoms with Gasteiger partial charge in [-0.25, -0.2) is 0 Å². The van der Waals surface area contributed by atoms with Crippen LogP contribution in [0, 0.1) is 0 Å². The van der Waals surface area contributed by atoms with Crippen LogP contribution < -0.4 is 24.8 Å². The topological polar surface area (TPSA) is 0 Å². The van der Waals surface area contributed by atoms with Crippen molar-refractivity contribution in [2.24, 2.45) is 0 Å². The molecule has 3 heteroatoms. The summed E-state index contributed by atoms with van der Waals surface area (Å²) >= 11 is 0. The number of hydrogen-bond donors (Lipinski definition) is 0. The van der Waals surface area contributed by atoms with E-state index in [1.165, 1.54) is 21.5 Å². The van der Waals surface area contributed by atoms with Crippen LogP contribution in [0.4, 0.5) is 0 Å². The molecule has 0 fully saturated rings. The van der Waals surface area contributed by atoms with E-state index in [4.69, 9.17) is 0 Å². The molecule has 0 heterocycles. The van der Waals surface area contributed by atoms with Gasteiger partial charge in [0.25, 0.3) is 0 Å². The van der Waals surface area contributed by atoms with Crippen molar-refractivity contribution in [1.29, 1.82) is 0 Å². The third kappa shape index (κ3) is 2.53. The molecule has 82 valence electrons. The quantitative estimate of drug-likeness (QED) is 0.287. The second-order valence-electron chi connectivity index (χ2n) is 3.32. The average molecular weight is 415 g/mol. The van der Waals surface area contributed by atoms with E-state index in [0.29, 0.717) is 0 Å². The maximum absolute atomic E-state index is 2.24. The van der Waals surface area contributed by atoms with E-state index in [-0.39, 0.29) is 50.7 Å². The summed E-state index contributed by atoms with van der Waals surface area (Å²) in [6, 6.07) is 19.3. The largest absolute Gasteiger partial charge is 1.00 e. The molecule has 0 atom stereocenters. The first-order chi connectivity index (χ1) is 6.45. The molecular weight excluding hydrogens is 406 g/mol. The summed E-state index contributed by atoms with van der Waals surface area (Å²) in [4.78, 5) is 0. The molecule has 3 aromatic rings. The van der Waals surface area contributed by atoms with Crippen LogP contribution in [0.3, 0.4) is 0 Å². The zero-order valence-corrected chi connectivity index (χ0v) is 13.6. The van der Waals surface area contributed by atoms with Crippen molar-refractivity contribution in [2.75, 3.05) is 0 Å². The van der Waals surface area contributed by atoms with Crippen molar-refractivity contribution in [3.8, 4) is 0 Å². The maximum Gasteiger partial charge on any atom is 0 e. The Balaban J connectivity index is 0.000000750. The summed E-state index contributed by atoms with van der Waals surface area (Å²) < 4.78 is 0. The van der Waals surface area contributed by atoms with Gasteiger partial charge in [0.05, 0.1) is 0 Å². The summed E-state index contributed by atoms with van der Waals surface area (Å²) in [5.41, 5.74) is 0. The fourth-order valence-electron chi connectivity index (χ4n) is 1.90. The smallest absolute Gasteiger partial charge is 0 e. The van der Waals surface area contributed by atoms with Gasteiger partial charge in [0, 0.05) is 25.8 Å². The molecular formula is C13H9Cl2Hf-3. The van der Waals surface area contributed by atoms with Crippen molar-refractivity contribution in [3.05, 3.63) is 54.6 Å². The molecule has 0 aromatic heterocycles. The van der Waals surface area contributed by atoms with E-state index < -0.39 is 0 Å². The normalized spacial score (nSPS) is 9.00. The standard InChI is InChI=1S/C13H9.2ClH.Hf/c1-3-7-12-10(5-1)9-11-6-2-4-8-13(11)12;;;/h1-9H;2*1H;/q-1;;;/p-2. The van der Waals surface area contributed by atoms with E-state index in [1.54, 1.807) is 0 Å². The molecule has 3 aromatic carbocycles. The molecule has 0 nitrogen and oxygen atoms in total. The van der Waals surface area contributed by atoms with Crippen molar-refractivity contribution in [1.82, 2.24) is 0 Å². The van der Waals surface area contributed by atoms with Crippen LogP contribution in [-0.4, -0.2) is 0 Å². The molecule has 0 amide bonds. The van der Waals surface area contributed by atoms with Gasteiger partial charge in [-0.15, -0.1) is 39.7 Å². The van der Waals surface area contributed by atoms with Crippen molar-refractivity contribution >= 4 is 21.5 Å². The summed E-state index contributed by atoms with van der Waals surface area (Å²) in [7, 11) is 0. The molecule has 0 spiro atoms. The van der Waals surface area contributed by atoms with E-state index in [9.17, 15) is 0 Å². The first kappa shape index (κ1) is 15.8. The predicted molar refractivity (Wildman–Crippen MR) is 57.0 cm³/mol. The van der Waals surface area contributed by atoms with Gasteiger partial charge in [0.15, 0.2) is 0 Å². The van der Waals surface area contributed by atoms with Gasteiger partial charge in [-0.1, -0.05) is 36.4 Å². The minimum absolute atomic E-state index is 0. The molecule has 0 saturated heterocycles. The van der Waals surface area contributed by atoms with E-state index in [1.807, 2.05) is 0 Å². The van der Waals surface area contributed by atoms with E-state index in [0.717, 1.165) is 0 Å². The molecule has 0 N–H and O–H groups in total. The summed E-state index contributed by atoms with van der Waals surface area (Å²) in [5.74, 6) is 0. The van der Waals surface area contributed by atoms with Gasteiger partial charge in [-0.05, 0) is 0 Å². The molecule has 0 aliphatic heterocycles. The number of hydrogen-bond acceptors (Lipinski definition) is 0. The Kier molecular flexibility index (Phi) is 6.39. The van der Waals surface area contributed by atoms with E-state index in [2.05, 4.69) is 54.6 Å². The first-order valence-electron chi connectivity index (χ1n) is 4.48. The number of benzene rings is 2. The fraction of sp³-hybridized carbons (Fsp3) is 0. The SMILES string of the molecule is [Cl-].[Cl-].[Hf].c1ccc2c(c1)[cH-]c1ccccc12. The summed E-state index contributed by atoms with van der Waals surface area (Å²) in [6.07, 6.45) is 0. The van der Waals surface area contributed by atoms with Gasteiger partial charge < -0.3 is 24.8 Å². The minimum atomic E-state index is 0. The number of fused-ring (bicyclic) bond motifs is 3. The zero-order valence-electron chi connectivity index (χ0n) is 8.45. The van der Waals surface area contributed by atoms with Crippen LogP contribution in [0.5, 0.6) is 0 Å². The van der Waals surface area contributed by atoms with Crippen molar-refractivity contribution in [3.63, 3.8) is 0 Å². The molecule has 0 bridgehead atoms. The van der Waals surface area contributed by atoms with Crippen LogP contribution >= 0.6 is 0 Å². The zero-order chi connectivity index (χ0) is 8.67. The Morgan fingerprint density at radius 1 is 0.625 bits per heavy atom. The third-order valence-corrected chi connectivity index (χ3v) is 2.52. The third-order valence-electron chi connectivity index (χ3n) is 2.52. The van der Waals surface area contributed by atoms with Crippen molar-refractivity contribution < 1.29 is 50.7 Å². The van der Waals surface area contributed by atoms with Crippen molar-refractivity contribution in [2.45, 2.75) is 0 Å². The number of halogens is 2. The second-order valence-corrected chi connectivity index (χ2v) is 3.32. The minimum Gasteiger partial charge on any atom is -1.00 e. The molecule has 3 rings (SSSR count). The Bertz CT molecular complexity index is 522. The fourth-order valence-corrected chi connectivity index (χ4v) is 1.90. The maximum atomic E-state index is 2.24. The number of rotatable bonds is 0. The molecule has 0 unspecified atom stereocenters. The second kappa shape index (κ2) is 6.48. The Labute approximate surface area is 126 Å². The Hall–Kier alpha value is -0.240. The van der Waals surface area contributed by atoms with Gasteiger partial charge >= 0.3 is 0 Å². The van der Waals surface area contributed by atoms with Gasteiger partial charge in [0.1, 0.15) is 0 Å². The molecule has 0 saturated carbocycles. The van der Waals surface area contributed by atoms with Crippen LogP contribution in [0.15, 0.2) is 54.6 Å². The molecule has 16 heavy (non-hydrogen) atoms. The van der Waals surface area contributed by atoms with Gasteiger partial charge in [0.2, 0.25) is 0 Å². The monoisotopic (exact) mass is 415 g/mol. The van der Waals surface area contributed by atoms with Crippen LogP contribution in [0.25, 0.3) is 21.5 Å². The summed E-state index contributed by atoms with van der Waals surface area (Å²) in [6.45, 7) is 0.